The van der Waals surface area contributed by atoms with E-state index in [2.05, 4.69) is 34.9 Å². The first-order valence-corrected chi connectivity index (χ1v) is 9.81. The van der Waals surface area contributed by atoms with Gasteiger partial charge in [0, 0.05) is 39.8 Å². The molecule has 2 aromatic rings. The van der Waals surface area contributed by atoms with Crippen molar-refractivity contribution in [3.05, 3.63) is 71.3 Å². The molecular weight excluding hydrogens is 348 g/mol. The smallest absolute Gasteiger partial charge is 0.236 e. The van der Waals surface area contributed by atoms with Gasteiger partial charge in [0.2, 0.25) is 5.91 Å². The molecule has 0 spiro atoms. The number of piperazine rings is 1. The topological polar surface area (TPSA) is 50.6 Å². The fraction of sp³-hybridized carbons (Fsp3) is 0.391. The molecule has 1 fully saturated rings. The molecule has 5 heteroatoms. The van der Waals surface area contributed by atoms with Gasteiger partial charge < -0.3 is 4.90 Å². The molecule has 0 radical (unpaired) electrons. The lowest BCUT2D eigenvalue weighted by Crippen LogP contribution is -2.49. The Morgan fingerprint density at radius 1 is 1.04 bits per heavy atom. The standard InChI is InChI=1S/C23H28N4O/c1-19(22-6-4-3-5-7-22)25(2)23(28)18-27-14-12-26(13-15-27)17-21-10-8-20(16-24)9-11-21/h3-11,19H,12-15,17-18H2,1-2H3. The summed E-state index contributed by atoms with van der Waals surface area (Å²) >= 11 is 0. The highest BCUT2D eigenvalue weighted by atomic mass is 16.2. The molecule has 0 N–H and O–H groups in total. The number of amides is 1. The summed E-state index contributed by atoms with van der Waals surface area (Å²) in [6, 6.07) is 20.2. The summed E-state index contributed by atoms with van der Waals surface area (Å²) in [5, 5.41) is 8.89. The van der Waals surface area contributed by atoms with E-state index in [0.717, 1.165) is 38.3 Å². The lowest BCUT2D eigenvalue weighted by Gasteiger charge is -2.35. The molecule has 1 saturated heterocycles. The van der Waals surface area contributed by atoms with E-state index in [-0.39, 0.29) is 11.9 Å². The number of nitriles is 1. The number of benzene rings is 2. The lowest BCUT2D eigenvalue weighted by molar-refractivity contribution is -0.133. The molecule has 1 heterocycles. The maximum absolute atomic E-state index is 12.7. The number of rotatable bonds is 6. The fourth-order valence-electron chi connectivity index (χ4n) is 3.52. The molecular formula is C23H28N4O. The van der Waals surface area contributed by atoms with E-state index in [0.29, 0.717) is 12.1 Å². The maximum Gasteiger partial charge on any atom is 0.236 e. The van der Waals surface area contributed by atoms with Crippen molar-refractivity contribution in [3.8, 4) is 6.07 Å². The van der Waals surface area contributed by atoms with Crippen LogP contribution < -0.4 is 0 Å². The van der Waals surface area contributed by atoms with Crippen LogP contribution >= 0.6 is 0 Å². The molecule has 0 aromatic heterocycles. The van der Waals surface area contributed by atoms with Crippen molar-refractivity contribution in [1.82, 2.24) is 14.7 Å². The second-order valence-electron chi connectivity index (χ2n) is 7.45. The van der Waals surface area contributed by atoms with E-state index in [1.165, 1.54) is 5.56 Å². The molecule has 3 rings (SSSR count). The molecule has 0 bridgehead atoms. The van der Waals surface area contributed by atoms with Crippen LogP contribution in [0.2, 0.25) is 0 Å². The molecule has 5 nitrogen and oxygen atoms in total. The Labute approximate surface area is 167 Å². The van der Waals surface area contributed by atoms with Crippen LogP contribution in [0.3, 0.4) is 0 Å². The van der Waals surface area contributed by atoms with Crippen molar-refractivity contribution in [3.63, 3.8) is 0 Å². The molecule has 1 amide bonds. The molecule has 1 unspecified atom stereocenters. The zero-order valence-electron chi connectivity index (χ0n) is 16.7. The van der Waals surface area contributed by atoms with Gasteiger partial charge in [-0.15, -0.1) is 0 Å². The monoisotopic (exact) mass is 376 g/mol. The lowest BCUT2D eigenvalue weighted by atomic mass is 10.1. The van der Waals surface area contributed by atoms with Crippen molar-refractivity contribution >= 4 is 5.91 Å². The maximum atomic E-state index is 12.7. The molecule has 0 aliphatic carbocycles. The number of hydrogen-bond acceptors (Lipinski definition) is 4. The Balaban J connectivity index is 1.45. The minimum atomic E-state index is 0.0753. The zero-order valence-corrected chi connectivity index (χ0v) is 16.7. The van der Waals surface area contributed by atoms with Gasteiger partial charge >= 0.3 is 0 Å². The molecule has 1 aliphatic rings. The third-order valence-corrected chi connectivity index (χ3v) is 5.57. The van der Waals surface area contributed by atoms with E-state index in [4.69, 9.17) is 5.26 Å². The second kappa shape index (κ2) is 9.50. The first-order chi connectivity index (χ1) is 13.6. The Morgan fingerprint density at radius 2 is 1.64 bits per heavy atom. The van der Waals surface area contributed by atoms with Crippen LogP contribution in [0.15, 0.2) is 54.6 Å². The number of carbonyl (C=O) groups is 1. The molecule has 28 heavy (non-hydrogen) atoms. The summed E-state index contributed by atoms with van der Waals surface area (Å²) in [5.41, 5.74) is 3.08. The third kappa shape index (κ3) is 5.19. The Kier molecular flexibility index (Phi) is 6.80. The van der Waals surface area contributed by atoms with Crippen molar-refractivity contribution in [2.75, 3.05) is 39.8 Å². The van der Waals surface area contributed by atoms with Gasteiger partial charge in [0.05, 0.1) is 24.2 Å². The van der Waals surface area contributed by atoms with Gasteiger partial charge in [-0.2, -0.15) is 5.26 Å². The highest BCUT2D eigenvalue weighted by Gasteiger charge is 2.23. The number of nitrogens with zero attached hydrogens (tertiary/aromatic N) is 4. The van der Waals surface area contributed by atoms with Crippen LogP contribution in [0.4, 0.5) is 0 Å². The summed E-state index contributed by atoms with van der Waals surface area (Å²) in [6.45, 7) is 7.13. The zero-order chi connectivity index (χ0) is 19.9. The van der Waals surface area contributed by atoms with Gasteiger partial charge in [0.15, 0.2) is 0 Å². The molecule has 2 aromatic carbocycles. The van der Waals surface area contributed by atoms with Crippen LogP contribution in [0.25, 0.3) is 0 Å². The van der Waals surface area contributed by atoms with E-state index < -0.39 is 0 Å². The van der Waals surface area contributed by atoms with Gasteiger partial charge in [-0.3, -0.25) is 14.6 Å². The van der Waals surface area contributed by atoms with Gasteiger partial charge in [0.25, 0.3) is 0 Å². The van der Waals surface area contributed by atoms with Crippen molar-refractivity contribution in [1.29, 1.82) is 5.26 Å². The summed E-state index contributed by atoms with van der Waals surface area (Å²) < 4.78 is 0. The van der Waals surface area contributed by atoms with Crippen LogP contribution in [-0.2, 0) is 11.3 Å². The van der Waals surface area contributed by atoms with E-state index in [1.807, 2.05) is 54.4 Å². The Morgan fingerprint density at radius 3 is 2.25 bits per heavy atom. The van der Waals surface area contributed by atoms with Crippen LogP contribution in [0.1, 0.15) is 29.7 Å². The van der Waals surface area contributed by atoms with E-state index in [9.17, 15) is 4.79 Å². The highest BCUT2D eigenvalue weighted by molar-refractivity contribution is 5.78. The SMILES string of the molecule is CC(c1ccccc1)N(C)C(=O)CN1CCN(Cc2ccc(C#N)cc2)CC1. The van der Waals surface area contributed by atoms with Gasteiger partial charge in [-0.25, -0.2) is 0 Å². The van der Waals surface area contributed by atoms with Crippen molar-refractivity contribution in [2.45, 2.75) is 19.5 Å². The average Bonchev–Trinajstić information content (AvgIpc) is 2.75. The summed E-state index contributed by atoms with van der Waals surface area (Å²) in [4.78, 5) is 19.2. The average molecular weight is 377 g/mol. The van der Waals surface area contributed by atoms with Crippen molar-refractivity contribution in [2.24, 2.45) is 0 Å². The molecule has 1 aliphatic heterocycles. The largest absolute Gasteiger partial charge is 0.338 e. The first kappa shape index (κ1) is 20.1. The van der Waals surface area contributed by atoms with Crippen LogP contribution in [-0.4, -0.2) is 60.4 Å². The Bertz CT molecular complexity index is 805. The summed E-state index contributed by atoms with van der Waals surface area (Å²) in [7, 11) is 1.89. The van der Waals surface area contributed by atoms with Crippen LogP contribution in [0, 0.1) is 11.3 Å². The predicted octanol–water partition coefficient (Wildman–Crippen LogP) is 2.90. The van der Waals surface area contributed by atoms with Gasteiger partial charge in [-0.05, 0) is 30.2 Å². The number of hydrogen-bond donors (Lipinski definition) is 0. The van der Waals surface area contributed by atoms with E-state index in [1.54, 1.807) is 0 Å². The van der Waals surface area contributed by atoms with Crippen LogP contribution in [0.5, 0.6) is 0 Å². The third-order valence-electron chi connectivity index (χ3n) is 5.57. The summed E-state index contributed by atoms with van der Waals surface area (Å²) in [5.74, 6) is 0.164. The predicted molar refractivity (Wildman–Crippen MR) is 111 cm³/mol. The summed E-state index contributed by atoms with van der Waals surface area (Å²) in [6.07, 6.45) is 0. The minimum absolute atomic E-state index is 0.0753. The van der Waals surface area contributed by atoms with Gasteiger partial charge in [-0.1, -0.05) is 42.5 Å². The molecule has 1 atom stereocenters. The normalized spacial score (nSPS) is 16.3. The quantitative estimate of drug-likeness (QED) is 0.778. The second-order valence-corrected chi connectivity index (χ2v) is 7.45. The van der Waals surface area contributed by atoms with E-state index >= 15 is 0 Å². The highest BCUT2D eigenvalue weighted by Crippen LogP contribution is 2.18. The Hall–Kier alpha value is -2.68. The number of carbonyl (C=O) groups excluding carboxylic acids is 1. The number of likely N-dealkylation sites (N-methyl/N-ethyl adjacent to an activating group) is 1. The first-order valence-electron chi connectivity index (χ1n) is 9.81. The molecule has 0 saturated carbocycles. The van der Waals surface area contributed by atoms with Crippen molar-refractivity contribution < 1.29 is 4.79 Å². The fourth-order valence-corrected chi connectivity index (χ4v) is 3.52. The van der Waals surface area contributed by atoms with Gasteiger partial charge in [0.1, 0.15) is 0 Å². The molecule has 146 valence electrons. The minimum Gasteiger partial charge on any atom is -0.338 e.